The highest BCUT2D eigenvalue weighted by Gasteiger charge is 2.23. The molecule has 3 rings (SSSR count). The van der Waals surface area contributed by atoms with Gasteiger partial charge in [-0.3, -0.25) is 9.59 Å². The van der Waals surface area contributed by atoms with E-state index in [0.717, 1.165) is 23.1 Å². The minimum Gasteiger partial charge on any atom is -0.392 e. The van der Waals surface area contributed by atoms with Crippen molar-refractivity contribution in [3.05, 3.63) is 45.9 Å². The van der Waals surface area contributed by atoms with Crippen LogP contribution in [0.1, 0.15) is 24.6 Å². The molecular weight excluding hydrogens is 306 g/mol. The molecule has 0 spiro atoms. The predicted molar refractivity (Wildman–Crippen MR) is 92.9 cm³/mol. The zero-order valence-corrected chi connectivity index (χ0v) is 13.8. The lowest BCUT2D eigenvalue weighted by atomic mass is 9.98. The molecule has 2 heterocycles. The number of amides is 1. The van der Waals surface area contributed by atoms with E-state index in [-0.39, 0.29) is 11.5 Å². The summed E-state index contributed by atoms with van der Waals surface area (Å²) in [5.41, 5.74) is 1.88. The smallest absolute Gasteiger partial charge is 0.256 e. The molecule has 0 aliphatic carbocycles. The molecule has 1 aromatic carbocycles. The van der Waals surface area contributed by atoms with Gasteiger partial charge in [0, 0.05) is 37.1 Å². The summed E-state index contributed by atoms with van der Waals surface area (Å²) in [6.07, 6.45) is 0.722. The van der Waals surface area contributed by atoms with Gasteiger partial charge in [0.1, 0.15) is 0 Å². The second-order valence-electron chi connectivity index (χ2n) is 6.33. The average molecular weight is 329 g/mol. The molecule has 0 bridgehead atoms. The summed E-state index contributed by atoms with van der Waals surface area (Å²) in [5, 5.41) is 13.9. The van der Waals surface area contributed by atoms with E-state index in [1.54, 1.807) is 11.8 Å². The summed E-state index contributed by atoms with van der Waals surface area (Å²) < 4.78 is 0. The molecule has 0 radical (unpaired) electrons. The number of pyridine rings is 1. The van der Waals surface area contributed by atoms with Crippen LogP contribution in [0.3, 0.4) is 0 Å². The molecule has 6 nitrogen and oxygen atoms in total. The van der Waals surface area contributed by atoms with Gasteiger partial charge < -0.3 is 20.3 Å². The third-order valence-electron chi connectivity index (χ3n) is 4.41. The van der Waals surface area contributed by atoms with Gasteiger partial charge in [-0.1, -0.05) is 18.2 Å². The maximum Gasteiger partial charge on any atom is 0.256 e. The Kier molecular flexibility index (Phi) is 4.97. The summed E-state index contributed by atoms with van der Waals surface area (Å²) in [5.74, 6) is 0.0627. The highest BCUT2D eigenvalue weighted by atomic mass is 16.3. The Morgan fingerprint density at radius 2 is 2.12 bits per heavy atom. The number of nitrogens with one attached hydrogen (secondary N) is 2. The van der Waals surface area contributed by atoms with E-state index in [0.29, 0.717) is 38.0 Å². The first kappa shape index (κ1) is 16.7. The van der Waals surface area contributed by atoms with Gasteiger partial charge in [-0.25, -0.2) is 0 Å². The van der Waals surface area contributed by atoms with E-state index in [1.165, 1.54) is 0 Å². The van der Waals surface area contributed by atoms with Gasteiger partial charge in [0.2, 0.25) is 5.91 Å². The van der Waals surface area contributed by atoms with E-state index < -0.39 is 6.10 Å². The molecule has 24 heavy (non-hydrogen) atoms. The number of aliphatic hydroxyl groups is 1. The van der Waals surface area contributed by atoms with Crippen LogP contribution in [-0.2, 0) is 17.8 Å². The molecule has 0 saturated heterocycles. The van der Waals surface area contributed by atoms with Crippen LogP contribution in [0.4, 0.5) is 0 Å². The quantitative estimate of drug-likeness (QED) is 0.708. The van der Waals surface area contributed by atoms with Crippen molar-refractivity contribution in [1.82, 2.24) is 15.2 Å². The van der Waals surface area contributed by atoms with Crippen molar-refractivity contribution >= 4 is 16.7 Å². The lowest BCUT2D eigenvalue weighted by Gasteiger charge is -2.29. The van der Waals surface area contributed by atoms with E-state index in [1.807, 2.05) is 24.3 Å². The lowest BCUT2D eigenvalue weighted by molar-refractivity contribution is -0.132. The molecule has 1 aromatic heterocycles. The van der Waals surface area contributed by atoms with Crippen molar-refractivity contribution in [2.45, 2.75) is 32.4 Å². The minimum atomic E-state index is -0.416. The first-order valence-corrected chi connectivity index (χ1v) is 8.35. The van der Waals surface area contributed by atoms with Gasteiger partial charge in [-0.2, -0.15) is 0 Å². The third-order valence-corrected chi connectivity index (χ3v) is 4.41. The number of aromatic amines is 1. The fraction of sp³-hybridized carbons (Fsp3) is 0.444. The number of carbonyl (C=O) groups excluding carboxylic acids is 1. The summed E-state index contributed by atoms with van der Waals surface area (Å²) in [4.78, 5) is 29.3. The maximum atomic E-state index is 12.3. The van der Waals surface area contributed by atoms with Gasteiger partial charge in [-0.15, -0.1) is 0 Å². The van der Waals surface area contributed by atoms with Crippen LogP contribution in [-0.4, -0.2) is 46.6 Å². The molecule has 1 unspecified atom stereocenters. The van der Waals surface area contributed by atoms with Crippen molar-refractivity contribution < 1.29 is 9.90 Å². The Morgan fingerprint density at radius 3 is 2.88 bits per heavy atom. The van der Waals surface area contributed by atoms with Crippen LogP contribution in [0.25, 0.3) is 10.8 Å². The lowest BCUT2D eigenvalue weighted by Crippen LogP contribution is -2.39. The van der Waals surface area contributed by atoms with E-state index in [2.05, 4.69) is 10.3 Å². The van der Waals surface area contributed by atoms with Gasteiger partial charge in [0.15, 0.2) is 0 Å². The molecule has 1 aliphatic rings. The highest BCUT2D eigenvalue weighted by molar-refractivity contribution is 5.86. The number of fused-ring (bicyclic) bond motifs is 3. The van der Waals surface area contributed by atoms with Crippen LogP contribution in [0, 0.1) is 0 Å². The zero-order chi connectivity index (χ0) is 17.1. The second kappa shape index (κ2) is 7.15. The van der Waals surface area contributed by atoms with Crippen LogP contribution >= 0.6 is 0 Å². The van der Waals surface area contributed by atoms with Crippen molar-refractivity contribution in [3.8, 4) is 0 Å². The van der Waals surface area contributed by atoms with Crippen molar-refractivity contribution in [2.75, 3.05) is 19.6 Å². The monoisotopic (exact) mass is 329 g/mol. The molecule has 6 heteroatoms. The molecule has 128 valence electrons. The summed E-state index contributed by atoms with van der Waals surface area (Å²) in [6, 6.07) is 7.61. The third kappa shape index (κ3) is 3.49. The predicted octanol–water partition coefficient (Wildman–Crippen LogP) is 0.773. The number of hydrogen-bond donors (Lipinski definition) is 3. The number of hydrogen-bond acceptors (Lipinski definition) is 4. The second-order valence-corrected chi connectivity index (χ2v) is 6.33. The number of nitrogens with zero attached hydrogens (tertiary/aromatic N) is 1. The maximum absolute atomic E-state index is 12.3. The Balaban J connectivity index is 1.71. The molecule has 0 fully saturated rings. The van der Waals surface area contributed by atoms with E-state index >= 15 is 0 Å². The Bertz CT molecular complexity index is 798. The summed E-state index contributed by atoms with van der Waals surface area (Å²) in [7, 11) is 0. The standard InChI is InChI=1S/C18H23N3O3/c1-12(22)10-19-8-6-17(23)21-9-7-14-13-4-2-3-5-15(13)18(24)20-16(14)11-21/h2-5,12,19,22H,6-11H2,1H3,(H,20,24). The van der Waals surface area contributed by atoms with Gasteiger partial charge in [-0.05, 0) is 30.4 Å². The Morgan fingerprint density at radius 1 is 1.38 bits per heavy atom. The van der Waals surface area contributed by atoms with Crippen LogP contribution in [0.2, 0.25) is 0 Å². The topological polar surface area (TPSA) is 85.4 Å². The number of carbonyl (C=O) groups is 1. The van der Waals surface area contributed by atoms with E-state index in [4.69, 9.17) is 0 Å². The van der Waals surface area contributed by atoms with Gasteiger partial charge in [0.05, 0.1) is 12.6 Å². The number of rotatable bonds is 5. The molecule has 1 amide bonds. The molecular formula is C18H23N3O3. The highest BCUT2D eigenvalue weighted by Crippen LogP contribution is 2.23. The van der Waals surface area contributed by atoms with Gasteiger partial charge in [0.25, 0.3) is 5.56 Å². The fourth-order valence-electron chi connectivity index (χ4n) is 3.20. The zero-order valence-electron chi connectivity index (χ0n) is 13.8. The first-order valence-electron chi connectivity index (χ1n) is 8.35. The summed E-state index contributed by atoms with van der Waals surface area (Å²) >= 11 is 0. The van der Waals surface area contributed by atoms with Crippen LogP contribution in [0.15, 0.2) is 29.1 Å². The normalized spacial score (nSPS) is 15.3. The fourth-order valence-corrected chi connectivity index (χ4v) is 3.20. The van der Waals surface area contributed by atoms with Crippen molar-refractivity contribution in [1.29, 1.82) is 0 Å². The number of aliphatic hydroxyl groups excluding tert-OH is 1. The molecule has 0 saturated carbocycles. The van der Waals surface area contributed by atoms with Crippen molar-refractivity contribution in [3.63, 3.8) is 0 Å². The van der Waals surface area contributed by atoms with E-state index in [9.17, 15) is 14.7 Å². The molecule has 3 N–H and O–H groups in total. The Hall–Kier alpha value is -2.18. The number of benzene rings is 1. The molecule has 1 atom stereocenters. The molecule has 2 aromatic rings. The first-order chi connectivity index (χ1) is 11.6. The van der Waals surface area contributed by atoms with Crippen LogP contribution in [0.5, 0.6) is 0 Å². The Labute approximate surface area is 140 Å². The van der Waals surface area contributed by atoms with Crippen LogP contribution < -0.4 is 10.9 Å². The SMILES string of the molecule is CC(O)CNCCC(=O)N1CCc2c([nH]c(=O)c3ccccc23)C1. The average Bonchev–Trinajstić information content (AvgIpc) is 2.58. The van der Waals surface area contributed by atoms with Crippen molar-refractivity contribution in [2.24, 2.45) is 0 Å². The summed E-state index contributed by atoms with van der Waals surface area (Å²) in [6.45, 7) is 3.84. The minimum absolute atomic E-state index is 0.0627. The van der Waals surface area contributed by atoms with Gasteiger partial charge >= 0.3 is 0 Å². The largest absolute Gasteiger partial charge is 0.392 e. The number of aromatic nitrogens is 1. The molecule has 1 aliphatic heterocycles. The number of H-pyrrole nitrogens is 1.